The van der Waals surface area contributed by atoms with Gasteiger partial charge in [-0.05, 0) is 45.6 Å². The molecule has 0 aromatic heterocycles. The number of rotatable bonds is 3. The highest BCUT2D eigenvalue weighted by Crippen LogP contribution is 2.24. The van der Waals surface area contributed by atoms with Crippen molar-refractivity contribution in [3.63, 3.8) is 0 Å². The molecule has 1 N–H and O–H groups in total. The number of hydrogen-bond donors (Lipinski definition) is 1. The average Bonchev–Trinajstić information content (AvgIpc) is 2.63. The van der Waals surface area contributed by atoms with Gasteiger partial charge in [0.25, 0.3) is 0 Å². The number of nitrogens with one attached hydrogen (secondary N) is 1. The van der Waals surface area contributed by atoms with Gasteiger partial charge < -0.3 is 10.2 Å². The standard InChI is InChI=1S/C13H24N2O3S/c1-10-4-3-5-12(14-2)13(16)15(10)8-11-6-7-19(17,18)9-11/h10-12,14H,3-9H2,1-2H3. The molecular formula is C13H24N2O3S. The topological polar surface area (TPSA) is 66.5 Å². The third kappa shape index (κ3) is 3.48. The molecule has 0 spiro atoms. The molecule has 110 valence electrons. The van der Waals surface area contributed by atoms with Crippen LogP contribution >= 0.6 is 0 Å². The maximum Gasteiger partial charge on any atom is 0.239 e. The first-order valence-electron chi connectivity index (χ1n) is 7.11. The van der Waals surface area contributed by atoms with Crippen LogP contribution in [0.2, 0.25) is 0 Å². The molecule has 0 radical (unpaired) electrons. The molecule has 0 aliphatic carbocycles. The summed E-state index contributed by atoms with van der Waals surface area (Å²) in [6.07, 6.45) is 3.61. The van der Waals surface area contributed by atoms with E-state index in [0.717, 1.165) is 19.3 Å². The first-order valence-corrected chi connectivity index (χ1v) is 8.93. The van der Waals surface area contributed by atoms with Gasteiger partial charge in [0.1, 0.15) is 0 Å². The van der Waals surface area contributed by atoms with Crippen molar-refractivity contribution in [1.82, 2.24) is 10.2 Å². The van der Waals surface area contributed by atoms with Crippen LogP contribution < -0.4 is 5.32 Å². The lowest BCUT2D eigenvalue weighted by molar-refractivity contribution is -0.135. The summed E-state index contributed by atoms with van der Waals surface area (Å²) >= 11 is 0. The SMILES string of the molecule is CNC1CCCC(C)N(CC2CCS(=O)(=O)C2)C1=O. The van der Waals surface area contributed by atoms with Crippen molar-refractivity contribution in [2.45, 2.75) is 44.7 Å². The number of carbonyl (C=O) groups excluding carboxylic acids is 1. The van der Waals surface area contributed by atoms with E-state index in [1.54, 1.807) is 0 Å². The van der Waals surface area contributed by atoms with Gasteiger partial charge in [0, 0.05) is 12.6 Å². The molecule has 1 amide bonds. The van der Waals surface area contributed by atoms with Gasteiger partial charge in [-0.15, -0.1) is 0 Å². The molecule has 0 bridgehead atoms. The highest BCUT2D eigenvalue weighted by molar-refractivity contribution is 7.91. The Morgan fingerprint density at radius 1 is 1.32 bits per heavy atom. The molecule has 0 saturated carbocycles. The average molecular weight is 288 g/mol. The summed E-state index contributed by atoms with van der Waals surface area (Å²) in [7, 11) is -1.05. The molecule has 3 unspecified atom stereocenters. The van der Waals surface area contributed by atoms with Crippen LogP contribution in [0, 0.1) is 5.92 Å². The largest absolute Gasteiger partial charge is 0.338 e. The number of likely N-dealkylation sites (N-methyl/N-ethyl adjacent to an activating group) is 1. The van der Waals surface area contributed by atoms with E-state index in [-0.39, 0.29) is 35.4 Å². The third-order valence-corrected chi connectivity index (χ3v) is 6.20. The Morgan fingerprint density at radius 3 is 2.63 bits per heavy atom. The van der Waals surface area contributed by atoms with Gasteiger partial charge >= 0.3 is 0 Å². The molecule has 19 heavy (non-hydrogen) atoms. The second-order valence-corrected chi connectivity index (χ2v) is 8.11. The molecule has 6 heteroatoms. The minimum atomic E-state index is -2.86. The summed E-state index contributed by atoms with van der Waals surface area (Å²) in [6, 6.07) is 0.108. The highest BCUT2D eigenvalue weighted by atomic mass is 32.2. The minimum absolute atomic E-state index is 0.108. The van der Waals surface area contributed by atoms with Gasteiger partial charge in [0.05, 0.1) is 17.5 Å². The number of carbonyl (C=O) groups is 1. The summed E-state index contributed by atoms with van der Waals surface area (Å²) in [4.78, 5) is 14.4. The molecule has 2 saturated heterocycles. The third-order valence-electron chi connectivity index (χ3n) is 4.36. The second-order valence-electron chi connectivity index (χ2n) is 5.88. The molecule has 2 fully saturated rings. The fourth-order valence-electron chi connectivity index (χ4n) is 3.15. The summed E-state index contributed by atoms with van der Waals surface area (Å²) in [5, 5.41) is 3.08. The van der Waals surface area contributed by atoms with E-state index in [0.29, 0.717) is 13.0 Å². The Bertz CT molecular complexity index is 435. The lowest BCUT2D eigenvalue weighted by Crippen LogP contribution is -2.48. The quantitative estimate of drug-likeness (QED) is 0.817. The van der Waals surface area contributed by atoms with Crippen LogP contribution in [0.3, 0.4) is 0 Å². The minimum Gasteiger partial charge on any atom is -0.338 e. The van der Waals surface area contributed by atoms with Crippen molar-refractivity contribution in [2.24, 2.45) is 5.92 Å². The first-order chi connectivity index (χ1) is 8.93. The van der Waals surface area contributed by atoms with Crippen LogP contribution in [0.15, 0.2) is 0 Å². The first kappa shape index (κ1) is 14.8. The molecule has 2 heterocycles. The molecule has 2 aliphatic rings. The van der Waals surface area contributed by atoms with E-state index in [2.05, 4.69) is 12.2 Å². The maximum atomic E-state index is 12.5. The van der Waals surface area contributed by atoms with Crippen molar-refractivity contribution in [3.05, 3.63) is 0 Å². The zero-order valence-electron chi connectivity index (χ0n) is 11.8. The number of likely N-dealkylation sites (tertiary alicyclic amines) is 1. The van der Waals surface area contributed by atoms with Gasteiger partial charge in [-0.25, -0.2) is 8.42 Å². The van der Waals surface area contributed by atoms with Crippen LogP contribution in [0.5, 0.6) is 0 Å². The van der Waals surface area contributed by atoms with Gasteiger partial charge in [-0.3, -0.25) is 4.79 Å². The number of sulfone groups is 1. The van der Waals surface area contributed by atoms with E-state index in [1.165, 1.54) is 0 Å². The summed E-state index contributed by atoms with van der Waals surface area (Å²) in [5.74, 6) is 0.779. The smallest absolute Gasteiger partial charge is 0.239 e. The Balaban J connectivity index is 2.05. The second kappa shape index (κ2) is 5.79. The summed E-state index contributed by atoms with van der Waals surface area (Å²) < 4.78 is 23.0. The van der Waals surface area contributed by atoms with Crippen LogP contribution in [-0.4, -0.2) is 56.4 Å². The zero-order valence-corrected chi connectivity index (χ0v) is 12.6. The highest BCUT2D eigenvalue weighted by Gasteiger charge is 2.35. The van der Waals surface area contributed by atoms with Crippen molar-refractivity contribution in [3.8, 4) is 0 Å². The van der Waals surface area contributed by atoms with E-state index < -0.39 is 9.84 Å². The number of nitrogens with zero attached hydrogens (tertiary/aromatic N) is 1. The van der Waals surface area contributed by atoms with Crippen LogP contribution in [0.1, 0.15) is 32.6 Å². The lowest BCUT2D eigenvalue weighted by atomic mass is 10.1. The zero-order chi connectivity index (χ0) is 14.0. The van der Waals surface area contributed by atoms with E-state index in [4.69, 9.17) is 0 Å². The van der Waals surface area contributed by atoms with Crippen molar-refractivity contribution >= 4 is 15.7 Å². The van der Waals surface area contributed by atoms with Crippen LogP contribution in [-0.2, 0) is 14.6 Å². The Kier molecular flexibility index (Phi) is 4.50. The molecule has 0 aromatic rings. The number of amides is 1. The van der Waals surface area contributed by atoms with Gasteiger partial charge in [0.2, 0.25) is 5.91 Å². The molecule has 2 aliphatic heterocycles. The monoisotopic (exact) mass is 288 g/mol. The molecule has 5 nitrogen and oxygen atoms in total. The Labute approximate surface area is 115 Å². The van der Waals surface area contributed by atoms with Crippen molar-refractivity contribution in [1.29, 1.82) is 0 Å². The van der Waals surface area contributed by atoms with Gasteiger partial charge in [0.15, 0.2) is 9.84 Å². The van der Waals surface area contributed by atoms with E-state index in [1.807, 2.05) is 11.9 Å². The van der Waals surface area contributed by atoms with Crippen LogP contribution in [0.25, 0.3) is 0 Å². The normalized spacial score (nSPS) is 35.4. The fourth-order valence-corrected chi connectivity index (χ4v) is 5.00. The Hall–Kier alpha value is -0.620. The lowest BCUT2D eigenvalue weighted by Gasteiger charge is -2.31. The van der Waals surface area contributed by atoms with Gasteiger partial charge in [-0.1, -0.05) is 0 Å². The van der Waals surface area contributed by atoms with E-state index >= 15 is 0 Å². The predicted octanol–water partition coefficient (Wildman–Crippen LogP) is 0.410. The molecule has 0 aromatic carbocycles. The van der Waals surface area contributed by atoms with Gasteiger partial charge in [-0.2, -0.15) is 0 Å². The van der Waals surface area contributed by atoms with Crippen LogP contribution in [0.4, 0.5) is 0 Å². The fraction of sp³-hybridized carbons (Fsp3) is 0.923. The predicted molar refractivity (Wildman–Crippen MR) is 74.6 cm³/mol. The van der Waals surface area contributed by atoms with Crippen molar-refractivity contribution in [2.75, 3.05) is 25.1 Å². The Morgan fingerprint density at radius 2 is 2.05 bits per heavy atom. The summed E-state index contributed by atoms with van der Waals surface area (Å²) in [5.41, 5.74) is 0. The van der Waals surface area contributed by atoms with Crippen molar-refractivity contribution < 1.29 is 13.2 Å². The number of hydrogen-bond acceptors (Lipinski definition) is 4. The van der Waals surface area contributed by atoms with E-state index in [9.17, 15) is 13.2 Å². The molecular weight excluding hydrogens is 264 g/mol. The maximum absolute atomic E-state index is 12.5. The molecule has 3 atom stereocenters. The summed E-state index contributed by atoms with van der Waals surface area (Å²) in [6.45, 7) is 2.66. The molecule has 2 rings (SSSR count).